The van der Waals surface area contributed by atoms with Gasteiger partial charge in [-0.15, -0.1) is 0 Å². The summed E-state index contributed by atoms with van der Waals surface area (Å²) in [4.78, 5) is 0. The Morgan fingerprint density at radius 2 is 2.10 bits per heavy atom. The first kappa shape index (κ1) is 15.2. The van der Waals surface area contributed by atoms with Crippen molar-refractivity contribution in [2.24, 2.45) is 12.8 Å². The molecule has 1 heterocycles. The van der Waals surface area contributed by atoms with Gasteiger partial charge in [0.15, 0.2) is 0 Å². The minimum atomic E-state index is 0.342. The topological polar surface area (TPSA) is 53.1 Å². The molecule has 0 fully saturated rings. The molecule has 0 spiro atoms. The Labute approximate surface area is 128 Å². The van der Waals surface area contributed by atoms with Crippen LogP contribution in [0.4, 0.5) is 0 Å². The minimum absolute atomic E-state index is 0.342. The molecular weight excluding hydrogens is 297 g/mol. The van der Waals surface area contributed by atoms with E-state index in [4.69, 9.17) is 33.7 Å². The summed E-state index contributed by atoms with van der Waals surface area (Å²) in [5.41, 5.74) is 8.34. The number of rotatable bonds is 5. The molecule has 0 saturated carbocycles. The maximum Gasteiger partial charge on any atom is 0.138 e. The zero-order chi connectivity index (χ0) is 14.7. The van der Waals surface area contributed by atoms with Gasteiger partial charge in [0.1, 0.15) is 17.5 Å². The van der Waals surface area contributed by atoms with Crippen LogP contribution >= 0.6 is 23.2 Å². The van der Waals surface area contributed by atoms with Gasteiger partial charge >= 0.3 is 0 Å². The van der Waals surface area contributed by atoms with Crippen LogP contribution in [-0.2, 0) is 20.1 Å². The van der Waals surface area contributed by atoms with Gasteiger partial charge in [-0.3, -0.25) is 4.68 Å². The quantitative estimate of drug-likeness (QED) is 0.922. The third kappa shape index (κ3) is 3.26. The fourth-order valence-corrected chi connectivity index (χ4v) is 2.46. The molecule has 108 valence electrons. The molecule has 0 atom stereocenters. The monoisotopic (exact) mass is 313 g/mol. The van der Waals surface area contributed by atoms with Crippen molar-refractivity contribution in [3.63, 3.8) is 0 Å². The molecule has 0 aliphatic heterocycles. The Morgan fingerprint density at radius 3 is 2.65 bits per heavy atom. The molecule has 0 aliphatic rings. The Kier molecular flexibility index (Phi) is 4.91. The molecular formula is C14H17Cl2N3O. The highest BCUT2D eigenvalue weighted by Crippen LogP contribution is 2.28. The molecule has 4 nitrogen and oxygen atoms in total. The molecule has 2 rings (SSSR count). The van der Waals surface area contributed by atoms with Crippen molar-refractivity contribution in [1.82, 2.24) is 9.78 Å². The highest BCUT2D eigenvalue weighted by atomic mass is 35.5. The number of benzene rings is 1. The van der Waals surface area contributed by atoms with Crippen LogP contribution in [0.25, 0.3) is 0 Å². The zero-order valence-corrected chi connectivity index (χ0v) is 13.0. The first-order chi connectivity index (χ1) is 9.52. The fourth-order valence-electron chi connectivity index (χ4n) is 1.97. The molecule has 1 aromatic heterocycles. The number of halogens is 2. The number of hydrogen-bond donors (Lipinski definition) is 1. The summed E-state index contributed by atoms with van der Waals surface area (Å²) >= 11 is 12.4. The van der Waals surface area contributed by atoms with Crippen LogP contribution in [0, 0.1) is 6.92 Å². The molecule has 20 heavy (non-hydrogen) atoms. The second kappa shape index (κ2) is 6.48. The number of nitrogens with two attached hydrogens (primary N) is 1. The number of hydrogen-bond acceptors (Lipinski definition) is 3. The average molecular weight is 314 g/mol. The van der Waals surface area contributed by atoms with Crippen LogP contribution in [-0.4, -0.2) is 16.3 Å². The molecule has 2 N–H and O–H groups in total. The van der Waals surface area contributed by atoms with E-state index < -0.39 is 0 Å². The summed E-state index contributed by atoms with van der Waals surface area (Å²) in [5.74, 6) is 0.631. The van der Waals surface area contributed by atoms with E-state index in [1.165, 1.54) is 0 Å². The third-order valence-electron chi connectivity index (χ3n) is 3.07. The first-order valence-electron chi connectivity index (χ1n) is 6.32. The molecule has 0 saturated heterocycles. The smallest absolute Gasteiger partial charge is 0.138 e. The number of aromatic nitrogens is 2. The molecule has 0 unspecified atom stereocenters. The van der Waals surface area contributed by atoms with Gasteiger partial charge in [0.2, 0.25) is 0 Å². The van der Waals surface area contributed by atoms with Crippen LogP contribution in [0.1, 0.15) is 16.8 Å². The summed E-state index contributed by atoms with van der Waals surface area (Å²) in [6.07, 6.45) is 0.799. The van der Waals surface area contributed by atoms with E-state index in [-0.39, 0.29) is 0 Å². The van der Waals surface area contributed by atoms with Gasteiger partial charge in [0.05, 0.1) is 10.7 Å². The number of nitrogens with zero attached hydrogens (tertiary/aromatic N) is 2. The van der Waals surface area contributed by atoms with Gasteiger partial charge in [-0.2, -0.15) is 5.10 Å². The summed E-state index contributed by atoms with van der Waals surface area (Å²) in [5, 5.41) is 5.40. The third-order valence-corrected chi connectivity index (χ3v) is 3.84. The standard InChI is InChI=1S/C14H17Cl2N3O/c1-9-11(14(16)19(2)18-9)8-20-13-4-3-10(5-6-17)7-12(13)15/h3-4,7H,5-6,8,17H2,1-2H3. The summed E-state index contributed by atoms with van der Waals surface area (Å²) in [6.45, 7) is 2.84. The molecule has 2 aromatic rings. The Balaban J connectivity index is 2.11. The van der Waals surface area contributed by atoms with E-state index >= 15 is 0 Å². The second-order valence-electron chi connectivity index (χ2n) is 4.57. The van der Waals surface area contributed by atoms with Crippen LogP contribution in [0.5, 0.6) is 5.75 Å². The van der Waals surface area contributed by atoms with E-state index in [2.05, 4.69) is 5.10 Å². The Hall–Kier alpha value is -1.23. The summed E-state index contributed by atoms with van der Waals surface area (Å²) < 4.78 is 7.36. The lowest BCUT2D eigenvalue weighted by Crippen LogP contribution is -2.03. The van der Waals surface area contributed by atoms with E-state index in [1.807, 2.05) is 25.1 Å². The van der Waals surface area contributed by atoms with Crippen molar-refractivity contribution in [3.05, 3.63) is 45.2 Å². The molecule has 0 bridgehead atoms. The first-order valence-corrected chi connectivity index (χ1v) is 7.07. The van der Waals surface area contributed by atoms with Crippen molar-refractivity contribution in [3.8, 4) is 5.75 Å². The average Bonchev–Trinajstić information content (AvgIpc) is 2.64. The zero-order valence-electron chi connectivity index (χ0n) is 11.5. The lowest BCUT2D eigenvalue weighted by atomic mass is 10.1. The van der Waals surface area contributed by atoms with Gasteiger partial charge < -0.3 is 10.5 Å². The Morgan fingerprint density at radius 1 is 1.35 bits per heavy atom. The highest BCUT2D eigenvalue weighted by Gasteiger charge is 2.12. The van der Waals surface area contributed by atoms with Crippen LogP contribution in [0.15, 0.2) is 18.2 Å². The normalized spacial score (nSPS) is 10.8. The number of aryl methyl sites for hydroxylation is 2. The Bertz CT molecular complexity index is 611. The largest absolute Gasteiger partial charge is 0.487 e. The maximum absolute atomic E-state index is 6.20. The van der Waals surface area contributed by atoms with Crippen molar-refractivity contribution in [1.29, 1.82) is 0 Å². The number of ether oxygens (including phenoxy) is 1. The van der Waals surface area contributed by atoms with E-state index in [0.29, 0.717) is 29.1 Å². The molecule has 0 radical (unpaired) electrons. The lowest BCUT2D eigenvalue weighted by molar-refractivity contribution is 0.305. The van der Waals surface area contributed by atoms with Gasteiger partial charge in [-0.05, 0) is 37.6 Å². The second-order valence-corrected chi connectivity index (χ2v) is 5.34. The maximum atomic E-state index is 6.20. The van der Waals surface area contributed by atoms with Crippen molar-refractivity contribution < 1.29 is 4.74 Å². The van der Waals surface area contributed by atoms with Crippen LogP contribution in [0.3, 0.4) is 0 Å². The minimum Gasteiger partial charge on any atom is -0.487 e. The predicted molar refractivity (Wildman–Crippen MR) is 81.5 cm³/mol. The fraction of sp³-hybridized carbons (Fsp3) is 0.357. The van der Waals surface area contributed by atoms with E-state index in [1.54, 1.807) is 11.7 Å². The highest BCUT2D eigenvalue weighted by molar-refractivity contribution is 6.32. The van der Waals surface area contributed by atoms with Crippen LogP contribution in [0.2, 0.25) is 10.2 Å². The van der Waals surface area contributed by atoms with E-state index in [0.717, 1.165) is 23.2 Å². The molecule has 0 amide bonds. The van der Waals surface area contributed by atoms with Crippen molar-refractivity contribution >= 4 is 23.2 Å². The molecule has 0 aliphatic carbocycles. The summed E-state index contributed by atoms with van der Waals surface area (Å²) in [6, 6.07) is 5.69. The SMILES string of the molecule is Cc1nn(C)c(Cl)c1COc1ccc(CCN)cc1Cl. The molecule has 6 heteroatoms. The van der Waals surface area contributed by atoms with Gasteiger partial charge in [-0.25, -0.2) is 0 Å². The van der Waals surface area contributed by atoms with Gasteiger partial charge in [-0.1, -0.05) is 29.3 Å². The van der Waals surface area contributed by atoms with Crippen molar-refractivity contribution in [2.45, 2.75) is 20.0 Å². The van der Waals surface area contributed by atoms with Crippen molar-refractivity contribution in [2.75, 3.05) is 6.54 Å². The predicted octanol–water partition coefficient (Wildman–Crippen LogP) is 3.12. The summed E-state index contributed by atoms with van der Waals surface area (Å²) in [7, 11) is 1.80. The van der Waals surface area contributed by atoms with E-state index in [9.17, 15) is 0 Å². The lowest BCUT2D eigenvalue weighted by Gasteiger charge is -2.09. The van der Waals surface area contributed by atoms with Crippen LogP contribution < -0.4 is 10.5 Å². The van der Waals surface area contributed by atoms with Gasteiger partial charge in [0, 0.05) is 12.6 Å². The van der Waals surface area contributed by atoms with Gasteiger partial charge in [0.25, 0.3) is 0 Å². The molecule has 1 aromatic carbocycles.